The van der Waals surface area contributed by atoms with Gasteiger partial charge in [0.2, 0.25) is 0 Å². The van der Waals surface area contributed by atoms with Crippen LogP contribution in [0.1, 0.15) is 6.42 Å². The minimum absolute atomic E-state index is 0.248. The Morgan fingerprint density at radius 2 is 2.09 bits per heavy atom. The molecule has 6 nitrogen and oxygen atoms in total. The Morgan fingerprint density at radius 3 is 2.86 bits per heavy atom. The number of nitriles is 1. The van der Waals surface area contributed by atoms with Gasteiger partial charge in [-0.25, -0.2) is 0 Å². The maximum absolute atomic E-state index is 8.69. The van der Waals surface area contributed by atoms with Gasteiger partial charge in [-0.05, 0) is 18.6 Å². The Kier molecular flexibility index (Phi) is 5.66. The summed E-state index contributed by atoms with van der Waals surface area (Å²) in [4.78, 5) is 15.6. The Labute approximate surface area is 130 Å². The normalized spacial score (nSPS) is 14.8. The van der Waals surface area contributed by atoms with E-state index >= 15 is 0 Å². The van der Waals surface area contributed by atoms with E-state index in [1.807, 2.05) is 43.3 Å². The van der Waals surface area contributed by atoms with Crippen LogP contribution < -0.4 is 5.32 Å². The van der Waals surface area contributed by atoms with E-state index in [4.69, 9.17) is 5.26 Å². The van der Waals surface area contributed by atoms with Crippen molar-refractivity contribution in [2.24, 2.45) is 15.0 Å². The van der Waals surface area contributed by atoms with Gasteiger partial charge in [-0.3, -0.25) is 15.0 Å². The molecule has 0 aliphatic carbocycles. The Balaban J connectivity index is 2.24. The van der Waals surface area contributed by atoms with Crippen molar-refractivity contribution in [2.45, 2.75) is 6.42 Å². The SMILES string of the molecule is CN(C)C1=NCCCN=C1C=Nc1ccccc1NCC#N. The van der Waals surface area contributed by atoms with Crippen LogP contribution in [0.15, 0.2) is 39.2 Å². The summed E-state index contributed by atoms with van der Waals surface area (Å²) in [6.07, 6.45) is 2.70. The first-order chi connectivity index (χ1) is 10.7. The highest BCUT2D eigenvalue weighted by Crippen LogP contribution is 2.23. The Hall–Kier alpha value is -2.68. The number of rotatable bonds is 4. The van der Waals surface area contributed by atoms with Crippen molar-refractivity contribution in [2.75, 3.05) is 39.0 Å². The smallest absolute Gasteiger partial charge is 0.150 e. The molecule has 0 unspecified atom stereocenters. The van der Waals surface area contributed by atoms with Crippen molar-refractivity contribution in [3.63, 3.8) is 0 Å². The van der Waals surface area contributed by atoms with Gasteiger partial charge >= 0.3 is 0 Å². The second-order valence-corrected chi connectivity index (χ2v) is 5.01. The molecule has 6 heteroatoms. The highest BCUT2D eigenvalue weighted by atomic mass is 15.2. The summed E-state index contributed by atoms with van der Waals surface area (Å²) in [5, 5.41) is 11.7. The molecule has 0 atom stereocenters. The fourth-order valence-corrected chi connectivity index (χ4v) is 2.08. The Morgan fingerprint density at radius 1 is 1.32 bits per heavy atom. The van der Waals surface area contributed by atoms with Crippen molar-refractivity contribution in [1.29, 1.82) is 5.26 Å². The van der Waals surface area contributed by atoms with Gasteiger partial charge < -0.3 is 10.2 Å². The second kappa shape index (κ2) is 7.93. The van der Waals surface area contributed by atoms with E-state index in [-0.39, 0.29) is 6.54 Å². The third-order valence-corrected chi connectivity index (χ3v) is 3.10. The first-order valence-corrected chi connectivity index (χ1v) is 7.23. The summed E-state index contributed by atoms with van der Waals surface area (Å²) in [6, 6.07) is 9.70. The van der Waals surface area contributed by atoms with Crippen molar-refractivity contribution >= 4 is 29.1 Å². The molecule has 0 saturated carbocycles. The number of nitrogens with zero attached hydrogens (tertiary/aromatic N) is 5. The zero-order chi connectivity index (χ0) is 15.8. The van der Waals surface area contributed by atoms with Crippen LogP contribution >= 0.6 is 0 Å². The lowest BCUT2D eigenvalue weighted by atomic mass is 10.2. The van der Waals surface area contributed by atoms with Crippen molar-refractivity contribution in [3.8, 4) is 6.07 Å². The van der Waals surface area contributed by atoms with E-state index in [1.54, 1.807) is 6.21 Å². The van der Waals surface area contributed by atoms with Gasteiger partial charge in [-0.1, -0.05) is 12.1 Å². The molecule has 1 N–H and O–H groups in total. The minimum Gasteiger partial charge on any atom is -0.371 e. The van der Waals surface area contributed by atoms with E-state index in [2.05, 4.69) is 26.4 Å². The molecular formula is C16H20N6. The first kappa shape index (κ1) is 15.7. The molecule has 0 amide bonds. The van der Waals surface area contributed by atoms with Crippen LogP contribution in [-0.4, -0.2) is 56.4 Å². The van der Waals surface area contributed by atoms with Gasteiger partial charge in [0.1, 0.15) is 12.3 Å². The lowest BCUT2D eigenvalue weighted by molar-refractivity contribution is 0.627. The summed E-state index contributed by atoms with van der Waals surface area (Å²) in [5.74, 6) is 0.851. The van der Waals surface area contributed by atoms with Crippen molar-refractivity contribution in [3.05, 3.63) is 24.3 Å². The van der Waals surface area contributed by atoms with Gasteiger partial charge in [0.25, 0.3) is 0 Å². The van der Waals surface area contributed by atoms with Gasteiger partial charge in [0.05, 0.1) is 23.7 Å². The highest BCUT2D eigenvalue weighted by molar-refractivity contribution is 6.62. The summed E-state index contributed by atoms with van der Waals surface area (Å²) in [6.45, 7) is 1.79. The van der Waals surface area contributed by atoms with E-state index in [0.29, 0.717) is 0 Å². The van der Waals surface area contributed by atoms with Gasteiger partial charge in [0, 0.05) is 27.2 Å². The molecule has 22 heavy (non-hydrogen) atoms. The fraction of sp³-hybridized carbons (Fsp3) is 0.375. The molecule has 1 aromatic rings. The minimum atomic E-state index is 0.248. The second-order valence-electron chi connectivity index (χ2n) is 5.01. The molecule has 0 bridgehead atoms. The largest absolute Gasteiger partial charge is 0.371 e. The molecule has 0 spiro atoms. The van der Waals surface area contributed by atoms with Crippen LogP contribution in [0.3, 0.4) is 0 Å². The van der Waals surface area contributed by atoms with E-state index in [1.165, 1.54) is 0 Å². The molecule has 1 aromatic carbocycles. The predicted octanol–water partition coefficient (Wildman–Crippen LogP) is 2.13. The molecule has 0 fully saturated rings. The molecular weight excluding hydrogens is 276 g/mol. The van der Waals surface area contributed by atoms with E-state index < -0.39 is 0 Å². The van der Waals surface area contributed by atoms with Crippen LogP contribution in [0, 0.1) is 11.3 Å². The maximum Gasteiger partial charge on any atom is 0.150 e. The molecule has 1 heterocycles. The van der Waals surface area contributed by atoms with Gasteiger partial charge in [-0.2, -0.15) is 5.26 Å². The topological polar surface area (TPSA) is 76.1 Å². The quantitative estimate of drug-likeness (QED) is 0.683. The zero-order valence-electron chi connectivity index (χ0n) is 13.0. The first-order valence-electron chi connectivity index (χ1n) is 7.23. The van der Waals surface area contributed by atoms with Crippen LogP contribution in [-0.2, 0) is 0 Å². The third kappa shape index (κ3) is 4.16. The molecule has 0 aromatic heterocycles. The van der Waals surface area contributed by atoms with Gasteiger partial charge in [0.15, 0.2) is 5.84 Å². The molecule has 0 saturated heterocycles. The number of amidine groups is 1. The average molecular weight is 296 g/mol. The van der Waals surface area contributed by atoms with Crippen LogP contribution in [0.2, 0.25) is 0 Å². The Bertz CT molecular complexity index is 636. The van der Waals surface area contributed by atoms with Crippen LogP contribution in [0.4, 0.5) is 11.4 Å². The summed E-state index contributed by atoms with van der Waals surface area (Å²) in [7, 11) is 3.91. The highest BCUT2D eigenvalue weighted by Gasteiger charge is 2.11. The van der Waals surface area contributed by atoms with Crippen molar-refractivity contribution in [1.82, 2.24) is 4.90 Å². The standard InChI is InChI=1S/C16H20N6/c1-22(2)16-15(18-9-5-10-20-16)12-21-14-7-4-3-6-13(14)19-11-8-17/h3-4,6-7,12,19H,5,9-11H2,1-2H3. The number of aliphatic imine (C=N–C) groups is 3. The number of hydrogen-bond donors (Lipinski definition) is 1. The van der Waals surface area contributed by atoms with Gasteiger partial charge in [-0.15, -0.1) is 0 Å². The third-order valence-electron chi connectivity index (χ3n) is 3.10. The average Bonchev–Trinajstić information content (AvgIpc) is 2.77. The number of para-hydroxylation sites is 2. The zero-order valence-corrected chi connectivity index (χ0v) is 13.0. The molecule has 1 aliphatic heterocycles. The lowest BCUT2D eigenvalue weighted by Gasteiger charge is -2.14. The molecule has 114 valence electrons. The molecule has 1 aliphatic rings. The summed E-state index contributed by atoms with van der Waals surface area (Å²) in [5.41, 5.74) is 2.40. The number of hydrogen-bond acceptors (Lipinski definition) is 6. The van der Waals surface area contributed by atoms with Crippen LogP contribution in [0.25, 0.3) is 0 Å². The summed E-state index contributed by atoms with van der Waals surface area (Å²) >= 11 is 0. The number of nitrogens with one attached hydrogen (secondary N) is 1. The number of anilines is 1. The predicted molar refractivity (Wildman–Crippen MR) is 91.6 cm³/mol. The van der Waals surface area contributed by atoms with Crippen LogP contribution in [0.5, 0.6) is 0 Å². The van der Waals surface area contributed by atoms with Crippen molar-refractivity contribution < 1.29 is 0 Å². The lowest BCUT2D eigenvalue weighted by Crippen LogP contribution is -2.31. The van der Waals surface area contributed by atoms with E-state index in [9.17, 15) is 0 Å². The maximum atomic E-state index is 8.69. The fourth-order valence-electron chi connectivity index (χ4n) is 2.08. The molecule has 2 rings (SSSR count). The van der Waals surface area contributed by atoms with E-state index in [0.717, 1.165) is 42.4 Å². The monoisotopic (exact) mass is 296 g/mol. The molecule has 0 radical (unpaired) electrons. The number of benzene rings is 1. The summed E-state index contributed by atoms with van der Waals surface area (Å²) < 4.78 is 0.